The molecular weight excluding hydrogens is 236 g/mol. The highest BCUT2D eigenvalue weighted by atomic mass is 16.5. The third-order valence-electron chi connectivity index (χ3n) is 4.19. The summed E-state index contributed by atoms with van der Waals surface area (Å²) in [7, 11) is 1.69. The first-order chi connectivity index (χ1) is 9.19. The molecule has 19 heavy (non-hydrogen) atoms. The first-order valence-electron chi connectivity index (χ1n) is 7.02. The van der Waals surface area contributed by atoms with Crippen LogP contribution in [0.4, 0.5) is 0 Å². The van der Waals surface area contributed by atoms with Gasteiger partial charge in [-0.15, -0.1) is 0 Å². The van der Waals surface area contributed by atoms with Crippen LogP contribution in [0.1, 0.15) is 44.2 Å². The van der Waals surface area contributed by atoms with Gasteiger partial charge in [-0.1, -0.05) is 6.92 Å². The highest BCUT2D eigenvalue weighted by molar-refractivity contribution is 5.42. The molecule has 1 fully saturated rings. The molecule has 0 saturated carbocycles. The summed E-state index contributed by atoms with van der Waals surface area (Å²) in [6, 6.07) is 9.14. The second kappa shape index (κ2) is 6.08. The van der Waals surface area contributed by atoms with Gasteiger partial charge in [-0.25, -0.2) is 0 Å². The molecule has 1 aliphatic rings. The molecule has 0 bridgehead atoms. The normalized spacial score (nSPS) is 23.3. The van der Waals surface area contributed by atoms with Gasteiger partial charge < -0.3 is 4.74 Å². The van der Waals surface area contributed by atoms with Crippen molar-refractivity contribution < 1.29 is 4.74 Å². The molecule has 1 aromatic rings. The standard InChI is InChI=1S/C16H22N2O/c1-4-15-7-5-12(2)18(15)11-14-9-13(10-17)6-8-16(14)19-3/h6,8-9,12,15H,4-5,7,11H2,1-3H3. The Kier molecular flexibility index (Phi) is 4.44. The summed E-state index contributed by atoms with van der Waals surface area (Å²) in [6.07, 6.45) is 3.72. The molecule has 0 amide bonds. The molecule has 1 saturated heterocycles. The Morgan fingerprint density at radius 3 is 2.84 bits per heavy atom. The van der Waals surface area contributed by atoms with Gasteiger partial charge in [-0.2, -0.15) is 5.26 Å². The van der Waals surface area contributed by atoms with Crippen LogP contribution in [0.3, 0.4) is 0 Å². The van der Waals surface area contributed by atoms with Crippen LogP contribution in [0, 0.1) is 11.3 Å². The van der Waals surface area contributed by atoms with Crippen molar-refractivity contribution in [1.82, 2.24) is 4.90 Å². The van der Waals surface area contributed by atoms with Crippen molar-refractivity contribution >= 4 is 0 Å². The summed E-state index contributed by atoms with van der Waals surface area (Å²) in [4.78, 5) is 2.54. The topological polar surface area (TPSA) is 36.3 Å². The zero-order chi connectivity index (χ0) is 13.8. The Morgan fingerprint density at radius 2 is 2.21 bits per heavy atom. The van der Waals surface area contributed by atoms with E-state index < -0.39 is 0 Å². The molecule has 0 aromatic heterocycles. The van der Waals surface area contributed by atoms with E-state index in [0.29, 0.717) is 17.6 Å². The van der Waals surface area contributed by atoms with Crippen LogP contribution in [-0.2, 0) is 6.54 Å². The predicted molar refractivity (Wildman–Crippen MR) is 76.0 cm³/mol. The fourth-order valence-electron chi connectivity index (χ4n) is 3.02. The second-order valence-electron chi connectivity index (χ2n) is 5.30. The molecule has 1 heterocycles. The zero-order valence-corrected chi connectivity index (χ0v) is 12.0. The molecule has 2 unspecified atom stereocenters. The van der Waals surface area contributed by atoms with Crippen molar-refractivity contribution in [2.45, 2.75) is 51.7 Å². The molecule has 2 rings (SSSR count). The van der Waals surface area contributed by atoms with Crippen LogP contribution in [0.25, 0.3) is 0 Å². The first-order valence-corrected chi connectivity index (χ1v) is 7.02. The molecular formula is C16H22N2O. The van der Waals surface area contributed by atoms with Crippen molar-refractivity contribution in [3.05, 3.63) is 29.3 Å². The number of nitrogens with zero attached hydrogens (tertiary/aromatic N) is 2. The van der Waals surface area contributed by atoms with Crippen molar-refractivity contribution in [3.63, 3.8) is 0 Å². The summed E-state index contributed by atoms with van der Waals surface area (Å²) in [5.41, 5.74) is 1.82. The van der Waals surface area contributed by atoms with Crippen molar-refractivity contribution in [2.24, 2.45) is 0 Å². The van der Waals surface area contributed by atoms with E-state index in [0.717, 1.165) is 17.9 Å². The zero-order valence-electron chi connectivity index (χ0n) is 12.0. The van der Waals surface area contributed by atoms with Gasteiger partial charge in [-0.05, 0) is 44.4 Å². The highest BCUT2D eigenvalue weighted by Crippen LogP contribution is 2.30. The fraction of sp³-hybridized carbons (Fsp3) is 0.562. The van der Waals surface area contributed by atoms with Gasteiger partial charge >= 0.3 is 0 Å². The molecule has 1 aliphatic heterocycles. The van der Waals surface area contributed by atoms with Gasteiger partial charge in [0.15, 0.2) is 0 Å². The van der Waals surface area contributed by atoms with E-state index in [4.69, 9.17) is 10.00 Å². The minimum atomic E-state index is 0.611. The molecule has 1 aromatic carbocycles. The number of ether oxygens (including phenoxy) is 1. The number of methoxy groups -OCH3 is 1. The van der Waals surface area contributed by atoms with Crippen molar-refractivity contribution in [3.8, 4) is 11.8 Å². The highest BCUT2D eigenvalue weighted by Gasteiger charge is 2.29. The van der Waals surface area contributed by atoms with Crippen LogP contribution >= 0.6 is 0 Å². The maximum atomic E-state index is 9.03. The summed E-state index contributed by atoms with van der Waals surface area (Å²) in [5, 5.41) is 9.03. The van der Waals surface area contributed by atoms with E-state index >= 15 is 0 Å². The molecule has 0 aliphatic carbocycles. The Morgan fingerprint density at radius 1 is 1.42 bits per heavy atom. The lowest BCUT2D eigenvalue weighted by molar-refractivity contribution is 0.187. The third kappa shape index (κ3) is 2.90. The summed E-state index contributed by atoms with van der Waals surface area (Å²) >= 11 is 0. The molecule has 102 valence electrons. The molecule has 0 radical (unpaired) electrons. The molecule has 0 spiro atoms. The number of hydrogen-bond acceptors (Lipinski definition) is 3. The quantitative estimate of drug-likeness (QED) is 0.831. The maximum absolute atomic E-state index is 9.03. The number of nitriles is 1. The Labute approximate surface area is 115 Å². The Hall–Kier alpha value is -1.53. The van der Waals surface area contributed by atoms with Crippen LogP contribution in [0.15, 0.2) is 18.2 Å². The maximum Gasteiger partial charge on any atom is 0.123 e. The molecule has 3 heteroatoms. The third-order valence-corrected chi connectivity index (χ3v) is 4.19. The van der Waals surface area contributed by atoms with Gasteiger partial charge in [0.05, 0.1) is 18.7 Å². The lowest BCUT2D eigenvalue weighted by Gasteiger charge is -2.28. The van der Waals surface area contributed by atoms with Crippen molar-refractivity contribution in [1.29, 1.82) is 5.26 Å². The molecule has 2 atom stereocenters. The van der Waals surface area contributed by atoms with E-state index in [1.807, 2.05) is 18.2 Å². The lowest BCUT2D eigenvalue weighted by atomic mass is 10.1. The van der Waals surface area contributed by atoms with Gasteiger partial charge in [0.2, 0.25) is 0 Å². The first kappa shape index (κ1) is 13.9. The van der Waals surface area contributed by atoms with E-state index in [2.05, 4.69) is 24.8 Å². The van der Waals surface area contributed by atoms with E-state index in [-0.39, 0.29) is 0 Å². The Balaban J connectivity index is 2.24. The van der Waals surface area contributed by atoms with E-state index in [9.17, 15) is 0 Å². The van der Waals surface area contributed by atoms with Crippen molar-refractivity contribution in [2.75, 3.05) is 7.11 Å². The number of likely N-dealkylation sites (tertiary alicyclic amines) is 1. The predicted octanol–water partition coefficient (Wildman–Crippen LogP) is 3.33. The van der Waals surface area contributed by atoms with Gasteiger partial charge in [0.1, 0.15) is 5.75 Å². The van der Waals surface area contributed by atoms with Crippen LogP contribution in [-0.4, -0.2) is 24.1 Å². The Bertz CT molecular complexity index is 478. The average Bonchev–Trinajstić information content (AvgIpc) is 2.79. The van der Waals surface area contributed by atoms with E-state index in [1.54, 1.807) is 7.11 Å². The van der Waals surface area contributed by atoms with Crippen LogP contribution in [0.5, 0.6) is 5.75 Å². The van der Waals surface area contributed by atoms with E-state index in [1.165, 1.54) is 19.3 Å². The number of hydrogen-bond donors (Lipinski definition) is 0. The van der Waals surface area contributed by atoms with Gasteiger partial charge in [0.25, 0.3) is 0 Å². The van der Waals surface area contributed by atoms with Gasteiger partial charge in [-0.3, -0.25) is 4.90 Å². The lowest BCUT2D eigenvalue weighted by Crippen LogP contribution is -2.33. The SMILES string of the molecule is CCC1CCC(C)N1Cc1cc(C#N)ccc1OC. The van der Waals surface area contributed by atoms with Gasteiger partial charge in [0, 0.05) is 24.2 Å². The number of benzene rings is 1. The summed E-state index contributed by atoms with van der Waals surface area (Å²) in [5.74, 6) is 0.882. The molecule has 3 nitrogen and oxygen atoms in total. The summed E-state index contributed by atoms with van der Waals surface area (Å²) < 4.78 is 5.42. The fourth-order valence-corrected chi connectivity index (χ4v) is 3.02. The summed E-state index contributed by atoms with van der Waals surface area (Å²) in [6.45, 7) is 5.41. The monoisotopic (exact) mass is 258 g/mol. The minimum absolute atomic E-state index is 0.611. The van der Waals surface area contributed by atoms with Crippen LogP contribution in [0.2, 0.25) is 0 Å². The smallest absolute Gasteiger partial charge is 0.123 e. The largest absolute Gasteiger partial charge is 0.496 e. The average molecular weight is 258 g/mol. The molecule has 0 N–H and O–H groups in total. The minimum Gasteiger partial charge on any atom is -0.496 e. The number of rotatable bonds is 4. The van der Waals surface area contributed by atoms with Crippen LogP contribution < -0.4 is 4.74 Å². The second-order valence-corrected chi connectivity index (χ2v) is 5.30.